The zero-order chi connectivity index (χ0) is 12.5. The third kappa shape index (κ3) is 1.84. The monoisotopic (exact) mass is 237 g/mol. The van der Waals surface area contributed by atoms with Crippen molar-refractivity contribution in [3.05, 3.63) is 12.7 Å². The number of rotatable bonds is 3. The van der Waals surface area contributed by atoms with Gasteiger partial charge in [0.15, 0.2) is 0 Å². The van der Waals surface area contributed by atoms with Gasteiger partial charge in [-0.25, -0.2) is 4.79 Å². The zero-order valence-corrected chi connectivity index (χ0v) is 10.2. The van der Waals surface area contributed by atoms with Crippen LogP contribution >= 0.6 is 0 Å². The number of carbonyl (C=O) groups is 1. The predicted molar refractivity (Wildman–Crippen MR) is 65.9 cm³/mol. The van der Waals surface area contributed by atoms with E-state index in [0.717, 1.165) is 19.3 Å². The Morgan fingerprint density at radius 3 is 3.18 bits per heavy atom. The van der Waals surface area contributed by atoms with Gasteiger partial charge in [0.05, 0.1) is 6.10 Å². The zero-order valence-electron chi connectivity index (χ0n) is 10.2. The fourth-order valence-corrected chi connectivity index (χ4v) is 2.64. The lowest BCUT2D eigenvalue weighted by atomic mass is 9.84. The van der Waals surface area contributed by atoms with E-state index in [2.05, 4.69) is 18.5 Å². The summed E-state index contributed by atoms with van der Waals surface area (Å²) in [5, 5.41) is 0. The SMILES string of the molecule is C=CCN1C(=O)N=C(N)C12CCOC(CC)C2. The number of aliphatic imine (C=N–C) groups is 1. The van der Waals surface area contributed by atoms with Gasteiger partial charge in [-0.3, -0.25) is 0 Å². The molecule has 0 radical (unpaired) electrons. The molecule has 2 amide bonds. The smallest absolute Gasteiger partial charge is 0.346 e. The molecule has 17 heavy (non-hydrogen) atoms. The molecule has 2 atom stereocenters. The summed E-state index contributed by atoms with van der Waals surface area (Å²) in [7, 11) is 0. The van der Waals surface area contributed by atoms with Crippen LogP contribution in [0.1, 0.15) is 26.2 Å². The van der Waals surface area contributed by atoms with E-state index < -0.39 is 5.54 Å². The summed E-state index contributed by atoms with van der Waals surface area (Å²) in [6, 6.07) is -0.251. The minimum atomic E-state index is -0.440. The highest BCUT2D eigenvalue weighted by Gasteiger charge is 2.50. The van der Waals surface area contributed by atoms with Gasteiger partial charge >= 0.3 is 6.03 Å². The maximum absolute atomic E-state index is 11.8. The van der Waals surface area contributed by atoms with E-state index in [1.807, 2.05) is 0 Å². The van der Waals surface area contributed by atoms with Crippen molar-refractivity contribution in [2.75, 3.05) is 13.2 Å². The van der Waals surface area contributed by atoms with E-state index in [1.54, 1.807) is 11.0 Å². The number of nitrogens with zero attached hydrogens (tertiary/aromatic N) is 2. The third-order valence-electron chi connectivity index (χ3n) is 3.64. The second kappa shape index (κ2) is 4.49. The largest absolute Gasteiger partial charge is 0.385 e. The normalized spacial score (nSPS) is 33.0. The van der Waals surface area contributed by atoms with Gasteiger partial charge in [0.25, 0.3) is 0 Å². The van der Waals surface area contributed by atoms with Crippen molar-refractivity contribution >= 4 is 11.9 Å². The maximum atomic E-state index is 11.8. The molecule has 5 heteroatoms. The van der Waals surface area contributed by atoms with E-state index >= 15 is 0 Å². The van der Waals surface area contributed by atoms with Crippen LogP contribution in [0.2, 0.25) is 0 Å². The van der Waals surface area contributed by atoms with Crippen LogP contribution in [-0.4, -0.2) is 41.6 Å². The van der Waals surface area contributed by atoms with E-state index in [0.29, 0.717) is 19.0 Å². The van der Waals surface area contributed by atoms with Crippen LogP contribution in [0, 0.1) is 0 Å². The van der Waals surface area contributed by atoms with E-state index in [4.69, 9.17) is 10.5 Å². The number of ether oxygens (including phenoxy) is 1. The summed E-state index contributed by atoms with van der Waals surface area (Å²) >= 11 is 0. The first kappa shape index (κ1) is 12.1. The van der Waals surface area contributed by atoms with Crippen molar-refractivity contribution in [2.24, 2.45) is 10.7 Å². The number of amidine groups is 1. The molecule has 2 unspecified atom stereocenters. The second-order valence-corrected chi connectivity index (χ2v) is 4.57. The van der Waals surface area contributed by atoms with E-state index in [-0.39, 0.29) is 12.1 Å². The van der Waals surface area contributed by atoms with Gasteiger partial charge < -0.3 is 15.4 Å². The lowest BCUT2D eigenvalue weighted by molar-refractivity contribution is -0.0326. The van der Waals surface area contributed by atoms with E-state index in [1.165, 1.54) is 0 Å². The molecule has 0 aromatic heterocycles. The summed E-state index contributed by atoms with van der Waals surface area (Å²) in [4.78, 5) is 17.4. The van der Waals surface area contributed by atoms with Crippen molar-refractivity contribution in [3.63, 3.8) is 0 Å². The maximum Gasteiger partial charge on any atom is 0.346 e. The minimum Gasteiger partial charge on any atom is -0.385 e. The number of amides is 2. The molecule has 1 spiro atoms. The Hall–Kier alpha value is -1.36. The van der Waals surface area contributed by atoms with Gasteiger partial charge in [-0.15, -0.1) is 6.58 Å². The second-order valence-electron chi connectivity index (χ2n) is 4.57. The van der Waals surface area contributed by atoms with Gasteiger partial charge in [-0.2, -0.15) is 4.99 Å². The van der Waals surface area contributed by atoms with Crippen LogP contribution in [-0.2, 0) is 4.74 Å². The molecule has 1 fully saturated rings. The van der Waals surface area contributed by atoms with Crippen LogP contribution in [0.5, 0.6) is 0 Å². The van der Waals surface area contributed by atoms with Crippen LogP contribution in [0.25, 0.3) is 0 Å². The van der Waals surface area contributed by atoms with Crippen molar-refractivity contribution in [2.45, 2.75) is 37.8 Å². The highest BCUT2D eigenvalue weighted by atomic mass is 16.5. The van der Waals surface area contributed by atoms with Crippen molar-refractivity contribution in [1.29, 1.82) is 0 Å². The Balaban J connectivity index is 2.28. The van der Waals surface area contributed by atoms with Gasteiger partial charge in [0.1, 0.15) is 11.4 Å². The van der Waals surface area contributed by atoms with Crippen molar-refractivity contribution < 1.29 is 9.53 Å². The average Bonchev–Trinajstić information content (AvgIpc) is 2.54. The molecular formula is C12H19N3O2. The highest BCUT2D eigenvalue weighted by molar-refractivity contribution is 6.06. The number of hydrogen-bond donors (Lipinski definition) is 1. The summed E-state index contributed by atoms with van der Waals surface area (Å²) < 4.78 is 5.65. The molecule has 0 aromatic rings. The molecule has 5 nitrogen and oxygen atoms in total. The van der Waals surface area contributed by atoms with Crippen LogP contribution in [0.15, 0.2) is 17.6 Å². The Morgan fingerprint density at radius 2 is 2.53 bits per heavy atom. The Kier molecular flexibility index (Phi) is 3.19. The average molecular weight is 237 g/mol. The van der Waals surface area contributed by atoms with Crippen LogP contribution < -0.4 is 5.73 Å². The molecule has 0 aromatic carbocycles. The number of carbonyl (C=O) groups excluding carboxylic acids is 1. The van der Waals surface area contributed by atoms with Gasteiger partial charge in [-0.1, -0.05) is 13.0 Å². The van der Waals surface area contributed by atoms with Crippen molar-refractivity contribution in [3.8, 4) is 0 Å². The fourth-order valence-electron chi connectivity index (χ4n) is 2.64. The Labute approximate surface area is 101 Å². The quantitative estimate of drug-likeness (QED) is 0.752. The third-order valence-corrected chi connectivity index (χ3v) is 3.64. The fraction of sp³-hybridized carbons (Fsp3) is 0.667. The molecular weight excluding hydrogens is 218 g/mol. The first-order valence-corrected chi connectivity index (χ1v) is 6.03. The summed E-state index contributed by atoms with van der Waals surface area (Å²) in [5.74, 6) is 0.436. The molecule has 2 aliphatic heterocycles. The lowest BCUT2D eigenvalue weighted by Gasteiger charge is -2.43. The topological polar surface area (TPSA) is 67.9 Å². The molecule has 2 rings (SSSR count). The molecule has 2 heterocycles. The molecule has 0 bridgehead atoms. The minimum absolute atomic E-state index is 0.149. The predicted octanol–water partition coefficient (Wildman–Crippen LogP) is 1.29. The molecule has 94 valence electrons. The standard InChI is InChI=1S/C12H19N3O2/c1-3-6-15-11(16)14-10(13)12(15)5-7-17-9(4-2)8-12/h3,9H,1,4-8H2,2H3,(H2,13,14,16). The molecule has 0 saturated carbocycles. The van der Waals surface area contributed by atoms with Crippen LogP contribution in [0.4, 0.5) is 4.79 Å². The lowest BCUT2D eigenvalue weighted by Crippen LogP contribution is -2.58. The molecule has 0 aliphatic carbocycles. The van der Waals surface area contributed by atoms with Gasteiger partial charge in [0.2, 0.25) is 0 Å². The highest BCUT2D eigenvalue weighted by Crippen LogP contribution is 2.36. The first-order valence-electron chi connectivity index (χ1n) is 6.03. The molecule has 2 N–H and O–H groups in total. The summed E-state index contributed by atoms with van der Waals surface area (Å²) in [5.41, 5.74) is 5.53. The Bertz CT molecular complexity index is 367. The van der Waals surface area contributed by atoms with E-state index in [9.17, 15) is 4.79 Å². The van der Waals surface area contributed by atoms with Gasteiger partial charge in [-0.05, 0) is 6.42 Å². The Morgan fingerprint density at radius 1 is 1.76 bits per heavy atom. The molecule has 2 aliphatic rings. The summed E-state index contributed by atoms with van der Waals surface area (Å²) in [6.45, 7) is 6.87. The summed E-state index contributed by atoms with van der Waals surface area (Å²) in [6.07, 6.45) is 4.24. The number of urea groups is 1. The van der Waals surface area contributed by atoms with Crippen LogP contribution in [0.3, 0.4) is 0 Å². The number of nitrogens with two attached hydrogens (primary N) is 1. The molecule has 1 saturated heterocycles. The van der Waals surface area contributed by atoms with Crippen molar-refractivity contribution in [1.82, 2.24) is 4.90 Å². The number of hydrogen-bond acceptors (Lipinski definition) is 3. The van der Waals surface area contributed by atoms with Gasteiger partial charge in [0, 0.05) is 26.0 Å². The first-order chi connectivity index (χ1) is 8.14.